The Bertz CT molecular complexity index is 1190. The van der Waals surface area contributed by atoms with E-state index in [0.29, 0.717) is 16.2 Å². The molecule has 0 fully saturated rings. The predicted octanol–water partition coefficient (Wildman–Crippen LogP) is 3.38. The smallest absolute Gasteiger partial charge is 0.338 e. The summed E-state index contributed by atoms with van der Waals surface area (Å²) in [7, 11) is 0. The van der Waals surface area contributed by atoms with Crippen LogP contribution < -0.4 is 5.73 Å². The molecule has 2 aromatic heterocycles. The standard InChI is InChI=1S/C23H21N5O3S/c1-4-30-23(29)20-18(12-32-22-16(9-24)13(2)8-14(3)28-22)31-21(26)17(10-25)19(20)15-6-5-7-27-11-15/h5-8,11,19H,4,12,26H2,1-3H3/t19-/m1/s1. The fraction of sp³-hybridized carbons (Fsp3) is 0.261. The van der Waals surface area contributed by atoms with Crippen molar-refractivity contribution in [3.63, 3.8) is 0 Å². The van der Waals surface area contributed by atoms with Gasteiger partial charge in [0.25, 0.3) is 0 Å². The molecule has 9 heteroatoms. The Labute approximate surface area is 190 Å². The third-order valence-corrected chi connectivity index (χ3v) is 5.75. The van der Waals surface area contributed by atoms with Gasteiger partial charge in [-0.05, 0) is 44.0 Å². The zero-order valence-electron chi connectivity index (χ0n) is 17.9. The van der Waals surface area contributed by atoms with Crippen LogP contribution in [0, 0.1) is 36.5 Å². The molecule has 8 nitrogen and oxygen atoms in total. The average Bonchev–Trinajstić information content (AvgIpc) is 2.77. The highest BCUT2D eigenvalue weighted by molar-refractivity contribution is 7.99. The fourth-order valence-electron chi connectivity index (χ4n) is 3.41. The van der Waals surface area contributed by atoms with E-state index in [9.17, 15) is 15.3 Å². The van der Waals surface area contributed by atoms with Gasteiger partial charge in [0.1, 0.15) is 28.5 Å². The number of allylic oxidation sites excluding steroid dienone is 1. The SMILES string of the molecule is CCOC(=O)C1=C(CSc2nc(C)cc(C)c2C#N)OC(N)=C(C#N)[C@H]1c1cccnc1. The Morgan fingerprint density at radius 1 is 1.34 bits per heavy atom. The van der Waals surface area contributed by atoms with E-state index in [0.717, 1.165) is 11.3 Å². The summed E-state index contributed by atoms with van der Waals surface area (Å²) in [5.74, 6) is -1.05. The number of rotatable bonds is 6. The van der Waals surface area contributed by atoms with Crippen molar-refractivity contribution in [3.8, 4) is 12.1 Å². The lowest BCUT2D eigenvalue weighted by molar-refractivity contribution is -0.139. The molecule has 2 aromatic rings. The van der Waals surface area contributed by atoms with Gasteiger partial charge >= 0.3 is 5.97 Å². The Balaban J connectivity index is 2.10. The van der Waals surface area contributed by atoms with Crippen LogP contribution in [0.3, 0.4) is 0 Å². The zero-order valence-corrected chi connectivity index (χ0v) is 18.7. The van der Waals surface area contributed by atoms with Gasteiger partial charge in [0.15, 0.2) is 0 Å². The summed E-state index contributed by atoms with van der Waals surface area (Å²) >= 11 is 1.25. The summed E-state index contributed by atoms with van der Waals surface area (Å²) in [6, 6.07) is 9.54. The number of thioether (sulfide) groups is 1. The molecule has 0 bridgehead atoms. The first kappa shape index (κ1) is 22.9. The number of nitriles is 2. The second-order valence-corrected chi connectivity index (χ2v) is 7.89. The molecule has 162 valence electrons. The number of nitrogens with two attached hydrogens (primary N) is 1. The summed E-state index contributed by atoms with van der Waals surface area (Å²) in [5.41, 5.74) is 9.01. The lowest BCUT2D eigenvalue weighted by atomic mass is 9.84. The van der Waals surface area contributed by atoms with Crippen LogP contribution in [0.1, 0.15) is 35.2 Å². The lowest BCUT2D eigenvalue weighted by Crippen LogP contribution is -2.27. The van der Waals surface area contributed by atoms with E-state index in [-0.39, 0.29) is 35.1 Å². The maximum absolute atomic E-state index is 13.0. The van der Waals surface area contributed by atoms with Crippen LogP contribution >= 0.6 is 11.8 Å². The Hall–Kier alpha value is -3.82. The summed E-state index contributed by atoms with van der Waals surface area (Å²) < 4.78 is 11.0. The van der Waals surface area contributed by atoms with Gasteiger partial charge in [-0.25, -0.2) is 9.78 Å². The minimum atomic E-state index is -0.778. The number of esters is 1. The zero-order chi connectivity index (χ0) is 23.3. The largest absolute Gasteiger partial charge is 0.463 e. The summed E-state index contributed by atoms with van der Waals surface area (Å²) in [5, 5.41) is 19.8. The van der Waals surface area contributed by atoms with Gasteiger partial charge in [0.05, 0.1) is 29.4 Å². The molecule has 0 amide bonds. The van der Waals surface area contributed by atoms with Crippen LogP contribution in [0.5, 0.6) is 0 Å². The summed E-state index contributed by atoms with van der Waals surface area (Å²) in [6.45, 7) is 5.54. The van der Waals surface area contributed by atoms with E-state index in [4.69, 9.17) is 15.2 Å². The van der Waals surface area contributed by atoms with E-state index >= 15 is 0 Å². The summed E-state index contributed by atoms with van der Waals surface area (Å²) in [4.78, 5) is 21.6. The monoisotopic (exact) mass is 447 g/mol. The minimum absolute atomic E-state index is 0.0844. The van der Waals surface area contributed by atoms with Crippen LogP contribution in [0.25, 0.3) is 0 Å². The minimum Gasteiger partial charge on any atom is -0.463 e. The van der Waals surface area contributed by atoms with Crippen molar-refractivity contribution in [3.05, 3.63) is 75.8 Å². The molecule has 3 heterocycles. The van der Waals surface area contributed by atoms with Crippen molar-refractivity contribution < 1.29 is 14.3 Å². The fourth-order valence-corrected chi connectivity index (χ4v) is 4.46. The molecule has 1 aliphatic heterocycles. The number of hydrogen-bond donors (Lipinski definition) is 1. The predicted molar refractivity (Wildman–Crippen MR) is 118 cm³/mol. The van der Waals surface area contributed by atoms with Crippen LogP contribution in [0.15, 0.2) is 58.4 Å². The highest BCUT2D eigenvalue weighted by atomic mass is 32.2. The molecule has 1 aliphatic rings. The van der Waals surface area contributed by atoms with Gasteiger partial charge in [-0.3, -0.25) is 4.98 Å². The molecule has 0 saturated heterocycles. The number of hydrogen-bond acceptors (Lipinski definition) is 9. The van der Waals surface area contributed by atoms with E-state index in [1.165, 1.54) is 11.8 Å². The van der Waals surface area contributed by atoms with Crippen molar-refractivity contribution in [1.82, 2.24) is 9.97 Å². The molecule has 0 unspecified atom stereocenters. The number of aryl methyl sites for hydroxylation is 2. The first-order chi connectivity index (χ1) is 15.4. The highest BCUT2D eigenvalue weighted by Crippen LogP contribution is 2.41. The average molecular weight is 448 g/mol. The topological polar surface area (TPSA) is 135 Å². The van der Waals surface area contributed by atoms with Gasteiger partial charge in [-0.2, -0.15) is 10.5 Å². The lowest BCUT2D eigenvalue weighted by Gasteiger charge is -2.27. The molecule has 0 spiro atoms. The second-order valence-electron chi connectivity index (χ2n) is 6.93. The first-order valence-corrected chi connectivity index (χ1v) is 10.8. The van der Waals surface area contributed by atoms with E-state index < -0.39 is 11.9 Å². The van der Waals surface area contributed by atoms with Gasteiger partial charge in [0, 0.05) is 18.1 Å². The summed E-state index contributed by atoms with van der Waals surface area (Å²) in [6.07, 6.45) is 3.17. The molecular weight excluding hydrogens is 426 g/mol. The normalized spacial score (nSPS) is 15.6. The molecule has 0 radical (unpaired) electrons. The number of pyridine rings is 2. The van der Waals surface area contributed by atoms with Crippen LogP contribution in [0.4, 0.5) is 0 Å². The van der Waals surface area contributed by atoms with Gasteiger partial charge in [0.2, 0.25) is 5.88 Å². The number of ether oxygens (including phenoxy) is 2. The van der Waals surface area contributed by atoms with Crippen molar-refractivity contribution in [2.24, 2.45) is 5.73 Å². The number of carbonyl (C=O) groups is 1. The van der Waals surface area contributed by atoms with E-state index in [2.05, 4.69) is 22.1 Å². The van der Waals surface area contributed by atoms with E-state index in [1.54, 1.807) is 31.5 Å². The maximum atomic E-state index is 13.0. The Morgan fingerprint density at radius 3 is 2.75 bits per heavy atom. The molecule has 0 saturated carbocycles. The second kappa shape index (κ2) is 9.99. The molecule has 0 aliphatic carbocycles. The molecule has 32 heavy (non-hydrogen) atoms. The third-order valence-electron chi connectivity index (χ3n) is 4.77. The molecule has 1 atom stereocenters. The Kier molecular flexibility index (Phi) is 7.14. The third kappa shape index (κ3) is 4.58. The van der Waals surface area contributed by atoms with Crippen molar-refractivity contribution >= 4 is 17.7 Å². The number of nitrogens with zero attached hydrogens (tertiary/aromatic N) is 4. The van der Waals surface area contributed by atoms with Crippen LogP contribution in [-0.2, 0) is 14.3 Å². The number of carbonyl (C=O) groups excluding carboxylic acids is 1. The highest BCUT2D eigenvalue weighted by Gasteiger charge is 2.37. The molecule has 0 aromatic carbocycles. The van der Waals surface area contributed by atoms with Gasteiger partial charge in [-0.1, -0.05) is 17.8 Å². The first-order valence-electron chi connectivity index (χ1n) is 9.80. The molecule has 3 rings (SSSR count). The van der Waals surface area contributed by atoms with Gasteiger partial charge in [-0.15, -0.1) is 0 Å². The Morgan fingerprint density at radius 2 is 2.12 bits per heavy atom. The molecular formula is C23H21N5O3S. The van der Waals surface area contributed by atoms with Crippen molar-refractivity contribution in [2.75, 3.05) is 12.4 Å². The van der Waals surface area contributed by atoms with Crippen LogP contribution in [-0.4, -0.2) is 28.3 Å². The van der Waals surface area contributed by atoms with Crippen molar-refractivity contribution in [1.29, 1.82) is 10.5 Å². The quantitative estimate of drug-likeness (QED) is 0.522. The number of aromatic nitrogens is 2. The van der Waals surface area contributed by atoms with Crippen LogP contribution in [0.2, 0.25) is 0 Å². The van der Waals surface area contributed by atoms with Crippen molar-refractivity contribution in [2.45, 2.75) is 31.7 Å². The van der Waals surface area contributed by atoms with E-state index in [1.807, 2.05) is 19.9 Å². The molecule has 2 N–H and O–H groups in total. The van der Waals surface area contributed by atoms with Gasteiger partial charge < -0.3 is 15.2 Å². The maximum Gasteiger partial charge on any atom is 0.338 e.